The molecule has 4 aromatic heterocycles. The van der Waals surface area contributed by atoms with E-state index in [0.717, 1.165) is 60.7 Å². The highest BCUT2D eigenvalue weighted by Gasteiger charge is 2.45. The zero-order valence-corrected chi connectivity index (χ0v) is 29.3. The van der Waals surface area contributed by atoms with E-state index in [1.165, 1.54) is 11.3 Å². The molecule has 12 heteroatoms. The minimum absolute atomic E-state index is 0.175. The Balaban J connectivity index is 0.974. The molecule has 1 spiro atoms. The molecule has 8 rings (SSSR count). The van der Waals surface area contributed by atoms with E-state index in [1.807, 2.05) is 50.2 Å². The number of benzene rings is 1. The van der Waals surface area contributed by atoms with Gasteiger partial charge in [0, 0.05) is 68.1 Å². The van der Waals surface area contributed by atoms with E-state index >= 15 is 0 Å². The lowest BCUT2D eigenvalue weighted by molar-refractivity contribution is -0.000511. The monoisotopic (exact) mass is 699 g/mol. The number of fused-ring (bicyclic) bond motifs is 3. The van der Waals surface area contributed by atoms with Gasteiger partial charge in [-0.2, -0.15) is 0 Å². The summed E-state index contributed by atoms with van der Waals surface area (Å²) in [6.45, 7) is 7.55. The largest absolute Gasteiger partial charge is 0.381 e. The zero-order valence-electron chi connectivity index (χ0n) is 28.4. The van der Waals surface area contributed by atoms with E-state index in [0.29, 0.717) is 57.7 Å². The predicted molar refractivity (Wildman–Crippen MR) is 198 cm³/mol. The van der Waals surface area contributed by atoms with E-state index in [-0.39, 0.29) is 23.1 Å². The van der Waals surface area contributed by atoms with Gasteiger partial charge in [-0.05, 0) is 104 Å². The van der Waals surface area contributed by atoms with E-state index in [9.17, 15) is 14.4 Å². The molecular weight excluding hydrogens is 663 g/mol. The van der Waals surface area contributed by atoms with Crippen LogP contribution in [0.25, 0.3) is 10.6 Å². The number of aromatic nitrogens is 3. The highest BCUT2D eigenvalue weighted by atomic mass is 32.1. The first-order valence-electron chi connectivity index (χ1n) is 17.1. The number of aryl methyl sites for hydroxylation is 2. The third-order valence-electron chi connectivity index (χ3n) is 9.96. The maximum Gasteiger partial charge on any atom is 0.266 e. The molecule has 0 bridgehead atoms. The van der Waals surface area contributed by atoms with E-state index < -0.39 is 0 Å². The summed E-state index contributed by atoms with van der Waals surface area (Å²) in [7, 11) is 0. The van der Waals surface area contributed by atoms with Gasteiger partial charge in [0.25, 0.3) is 17.7 Å². The lowest BCUT2D eigenvalue weighted by Gasteiger charge is -2.53. The van der Waals surface area contributed by atoms with Crippen molar-refractivity contribution < 1.29 is 19.1 Å². The van der Waals surface area contributed by atoms with Gasteiger partial charge in [0.2, 0.25) is 0 Å². The molecule has 2 saturated heterocycles. The van der Waals surface area contributed by atoms with Crippen molar-refractivity contribution in [2.24, 2.45) is 5.41 Å². The van der Waals surface area contributed by atoms with Crippen LogP contribution < -0.4 is 20.4 Å². The number of nitrogens with one attached hydrogen (secondary N) is 2. The number of pyridine rings is 3. The Kier molecular flexibility index (Phi) is 8.56. The molecule has 3 amide bonds. The summed E-state index contributed by atoms with van der Waals surface area (Å²) in [5.41, 5.74) is 5.94. The quantitative estimate of drug-likeness (QED) is 0.205. The molecule has 0 radical (unpaired) electrons. The Hall–Kier alpha value is -5.46. The Morgan fingerprint density at radius 2 is 1.65 bits per heavy atom. The minimum atomic E-state index is -0.241. The molecule has 11 nitrogen and oxygen atoms in total. The summed E-state index contributed by atoms with van der Waals surface area (Å²) >= 11 is 1.36. The maximum absolute atomic E-state index is 14.0. The summed E-state index contributed by atoms with van der Waals surface area (Å²) in [5, 5.41) is 5.93. The Bertz CT molecular complexity index is 2150. The molecule has 1 aromatic carbocycles. The second-order valence-corrected chi connectivity index (χ2v) is 14.6. The van der Waals surface area contributed by atoms with Crippen LogP contribution in [0.2, 0.25) is 0 Å². The van der Waals surface area contributed by atoms with E-state index in [4.69, 9.17) is 4.74 Å². The number of carbonyl (C=O) groups is 3. The van der Waals surface area contributed by atoms with Crippen LogP contribution in [0.3, 0.4) is 0 Å². The molecule has 2 N–H and O–H groups in total. The molecular formula is C39H37N7O4S. The number of hydrogen-bond acceptors (Lipinski definition) is 9. The van der Waals surface area contributed by atoms with Crippen molar-refractivity contribution in [1.82, 2.24) is 15.0 Å². The second-order valence-electron chi connectivity index (χ2n) is 13.5. The Morgan fingerprint density at radius 1 is 0.882 bits per heavy atom. The smallest absolute Gasteiger partial charge is 0.266 e. The first-order chi connectivity index (χ1) is 24.8. The van der Waals surface area contributed by atoms with Crippen LogP contribution in [0.5, 0.6) is 0 Å². The lowest BCUT2D eigenvalue weighted by atomic mass is 9.73. The summed E-state index contributed by atoms with van der Waals surface area (Å²) in [4.78, 5) is 59.7. The number of nitrogens with zero attached hydrogens (tertiary/aromatic N) is 5. The Labute approximate surface area is 299 Å². The molecule has 3 aliphatic rings. The standard InChI is InChI=1S/C39H37N7O4S/c1-24-19-29(35(42-21-24)45-22-39(23-45)12-17-50-18-13-39)36(47)43-28-9-7-26(8-10-28)38(49)46-16-11-27-20-31(37(48)44-34-25(2)5-3-15-41-34)51-33(27)32-30(46)6-4-14-40-32/h3-10,14-15,19-21H,11-13,16-18,22-23H2,1-2H3,(H,43,47)(H,41,44,48). The zero-order chi connectivity index (χ0) is 35.1. The van der Waals surface area contributed by atoms with Crippen LogP contribution in [0.4, 0.5) is 23.0 Å². The van der Waals surface area contributed by atoms with Crippen molar-refractivity contribution in [2.45, 2.75) is 33.1 Å². The molecule has 5 aromatic rings. The fourth-order valence-corrected chi connectivity index (χ4v) is 8.24. The molecule has 3 aliphatic heterocycles. The van der Waals surface area contributed by atoms with Crippen molar-refractivity contribution in [2.75, 3.05) is 53.3 Å². The van der Waals surface area contributed by atoms with Gasteiger partial charge < -0.3 is 25.2 Å². The fraction of sp³-hybridized carbons (Fsp3) is 0.282. The van der Waals surface area contributed by atoms with Crippen LogP contribution in [-0.4, -0.2) is 65.5 Å². The van der Waals surface area contributed by atoms with Crippen LogP contribution >= 0.6 is 11.3 Å². The van der Waals surface area contributed by atoms with Crippen LogP contribution in [-0.2, 0) is 11.2 Å². The SMILES string of the molecule is Cc1cnc(N2CC3(CCOCC3)C2)c(C(=O)Nc2ccc(C(=O)N3CCc4cc(C(=O)Nc5ncccc5C)sc4-c4ncccc43)cc2)c1. The maximum atomic E-state index is 14.0. The third kappa shape index (κ3) is 6.36. The molecule has 258 valence electrons. The van der Waals surface area contributed by atoms with Crippen LogP contribution in [0, 0.1) is 19.3 Å². The molecule has 51 heavy (non-hydrogen) atoms. The average molecular weight is 700 g/mol. The highest BCUT2D eigenvalue weighted by Crippen LogP contribution is 2.43. The average Bonchev–Trinajstić information content (AvgIpc) is 3.50. The first-order valence-corrected chi connectivity index (χ1v) is 17.9. The van der Waals surface area contributed by atoms with Gasteiger partial charge in [-0.3, -0.25) is 19.4 Å². The van der Waals surface area contributed by atoms with Crippen molar-refractivity contribution in [1.29, 1.82) is 0 Å². The van der Waals surface area contributed by atoms with Gasteiger partial charge in [-0.15, -0.1) is 11.3 Å². The normalized spacial score (nSPS) is 16.0. The molecule has 2 fully saturated rings. The van der Waals surface area contributed by atoms with Gasteiger partial charge in [-0.25, -0.2) is 9.97 Å². The van der Waals surface area contributed by atoms with Crippen molar-refractivity contribution >= 4 is 52.1 Å². The van der Waals surface area contributed by atoms with E-state index in [2.05, 4.69) is 30.5 Å². The third-order valence-corrected chi connectivity index (χ3v) is 11.1. The first kappa shape index (κ1) is 32.7. The number of thiophene rings is 1. The summed E-state index contributed by atoms with van der Waals surface area (Å²) in [5.74, 6) is 0.575. The Morgan fingerprint density at radius 3 is 2.43 bits per heavy atom. The number of anilines is 4. The minimum Gasteiger partial charge on any atom is -0.381 e. The summed E-state index contributed by atoms with van der Waals surface area (Å²) in [6, 6.07) is 18.2. The van der Waals surface area contributed by atoms with Gasteiger partial charge in [0.1, 0.15) is 17.3 Å². The van der Waals surface area contributed by atoms with Crippen molar-refractivity contribution in [3.63, 3.8) is 0 Å². The van der Waals surface area contributed by atoms with Gasteiger partial charge >= 0.3 is 0 Å². The lowest BCUT2D eigenvalue weighted by Crippen LogP contribution is -2.59. The molecule has 0 saturated carbocycles. The topological polar surface area (TPSA) is 130 Å². The van der Waals surface area contributed by atoms with Gasteiger partial charge in [-0.1, -0.05) is 6.07 Å². The van der Waals surface area contributed by atoms with Crippen molar-refractivity contribution in [3.05, 3.63) is 112 Å². The predicted octanol–water partition coefficient (Wildman–Crippen LogP) is 6.54. The highest BCUT2D eigenvalue weighted by molar-refractivity contribution is 7.17. The molecule has 0 unspecified atom stereocenters. The van der Waals surface area contributed by atoms with Crippen LogP contribution in [0.15, 0.2) is 79.3 Å². The number of amides is 3. The number of rotatable bonds is 6. The second kappa shape index (κ2) is 13.3. The fourth-order valence-electron chi connectivity index (χ4n) is 7.13. The number of hydrogen-bond donors (Lipinski definition) is 2. The van der Waals surface area contributed by atoms with Crippen LogP contribution in [0.1, 0.15) is 59.9 Å². The molecule has 0 aliphatic carbocycles. The summed E-state index contributed by atoms with van der Waals surface area (Å²) in [6.07, 6.45) is 7.77. The number of carbonyl (C=O) groups excluding carboxylic acids is 3. The molecule has 7 heterocycles. The van der Waals surface area contributed by atoms with E-state index in [1.54, 1.807) is 47.8 Å². The number of ether oxygens (including phenoxy) is 1. The van der Waals surface area contributed by atoms with Gasteiger partial charge in [0.05, 0.1) is 21.0 Å². The van der Waals surface area contributed by atoms with Gasteiger partial charge in [0.15, 0.2) is 0 Å². The molecule has 0 atom stereocenters. The summed E-state index contributed by atoms with van der Waals surface area (Å²) < 4.78 is 5.57. The van der Waals surface area contributed by atoms with Crippen molar-refractivity contribution in [3.8, 4) is 10.6 Å².